The zero-order valence-corrected chi connectivity index (χ0v) is 10.4. The third-order valence-corrected chi connectivity index (χ3v) is 2.58. The summed E-state index contributed by atoms with van der Waals surface area (Å²) in [4.78, 5) is 19.9. The highest BCUT2D eigenvalue weighted by Gasteiger charge is 2.10. The largest absolute Gasteiger partial charge is 0.387 e. The molecule has 18 heavy (non-hydrogen) atoms. The van der Waals surface area contributed by atoms with Gasteiger partial charge in [-0.25, -0.2) is 9.97 Å². The first kappa shape index (κ1) is 12.3. The van der Waals surface area contributed by atoms with E-state index in [4.69, 9.17) is 11.6 Å². The van der Waals surface area contributed by atoms with Crippen LogP contribution in [-0.2, 0) is 0 Å². The summed E-state index contributed by atoms with van der Waals surface area (Å²) in [6.45, 7) is 0. The van der Waals surface area contributed by atoms with Crippen LogP contribution in [0.3, 0.4) is 0 Å². The Kier molecular flexibility index (Phi) is 3.74. The van der Waals surface area contributed by atoms with Gasteiger partial charge >= 0.3 is 0 Å². The Morgan fingerprint density at radius 1 is 1.28 bits per heavy atom. The summed E-state index contributed by atoms with van der Waals surface area (Å²) >= 11 is 5.90. The van der Waals surface area contributed by atoms with Crippen molar-refractivity contribution in [2.75, 3.05) is 17.7 Å². The van der Waals surface area contributed by atoms with Crippen molar-refractivity contribution in [1.82, 2.24) is 9.97 Å². The lowest BCUT2D eigenvalue weighted by Gasteiger charge is -2.05. The fourth-order valence-electron chi connectivity index (χ4n) is 1.33. The van der Waals surface area contributed by atoms with Crippen LogP contribution >= 0.6 is 11.6 Å². The summed E-state index contributed by atoms with van der Waals surface area (Å²) in [5.41, 5.74) is 1.14. The van der Waals surface area contributed by atoms with Crippen LogP contribution in [0.4, 0.5) is 11.5 Å². The number of nitrogens with zero attached hydrogens (tertiary/aromatic N) is 2. The van der Waals surface area contributed by atoms with E-state index in [2.05, 4.69) is 20.6 Å². The molecule has 2 aromatic rings. The van der Waals surface area contributed by atoms with Gasteiger partial charge in [-0.05, 0) is 24.3 Å². The zero-order chi connectivity index (χ0) is 13.0. The molecule has 6 heteroatoms. The number of aromatic nitrogens is 2. The van der Waals surface area contributed by atoms with Gasteiger partial charge in [-0.3, -0.25) is 4.79 Å². The summed E-state index contributed by atoms with van der Waals surface area (Å²) in [6, 6.07) is 6.74. The molecule has 0 aliphatic carbocycles. The molecule has 0 bridgehead atoms. The molecule has 1 amide bonds. The van der Waals surface area contributed by atoms with E-state index in [1.807, 2.05) is 0 Å². The number of amides is 1. The van der Waals surface area contributed by atoms with Crippen LogP contribution in [-0.4, -0.2) is 22.9 Å². The molecular formula is C12H11ClN4O. The molecule has 2 aromatic heterocycles. The van der Waals surface area contributed by atoms with Gasteiger partial charge in [-0.1, -0.05) is 11.6 Å². The molecule has 0 unspecified atom stereocenters. The maximum Gasteiger partial charge on any atom is 0.275 e. The van der Waals surface area contributed by atoms with E-state index in [0.717, 1.165) is 5.69 Å². The molecule has 0 spiro atoms. The Morgan fingerprint density at radius 2 is 2.11 bits per heavy atom. The highest BCUT2D eigenvalue weighted by molar-refractivity contribution is 6.33. The van der Waals surface area contributed by atoms with Crippen molar-refractivity contribution in [3.8, 4) is 0 Å². The van der Waals surface area contributed by atoms with E-state index < -0.39 is 0 Å². The summed E-state index contributed by atoms with van der Waals surface area (Å²) in [5, 5.41) is 5.91. The van der Waals surface area contributed by atoms with Crippen molar-refractivity contribution in [3.05, 3.63) is 47.4 Å². The summed E-state index contributed by atoms with van der Waals surface area (Å²) in [7, 11) is 1.78. The molecule has 0 aliphatic heterocycles. The lowest BCUT2D eigenvalue weighted by Crippen LogP contribution is -2.14. The number of hydrogen-bond donors (Lipinski definition) is 2. The maximum absolute atomic E-state index is 11.9. The van der Waals surface area contributed by atoms with Crippen LogP contribution < -0.4 is 10.6 Å². The van der Waals surface area contributed by atoms with Gasteiger partial charge in [0.15, 0.2) is 5.82 Å². The lowest BCUT2D eigenvalue weighted by atomic mass is 10.3. The first-order chi connectivity index (χ1) is 8.70. The highest BCUT2D eigenvalue weighted by atomic mass is 35.5. The van der Waals surface area contributed by atoms with Gasteiger partial charge in [0.25, 0.3) is 5.91 Å². The number of carbonyl (C=O) groups is 1. The molecular weight excluding hydrogens is 252 g/mol. The monoisotopic (exact) mass is 262 g/mol. The molecule has 0 fully saturated rings. The second-order valence-corrected chi connectivity index (χ2v) is 3.88. The van der Waals surface area contributed by atoms with Crippen LogP contribution in [0.15, 0.2) is 36.7 Å². The Morgan fingerprint density at radius 3 is 2.72 bits per heavy atom. The van der Waals surface area contributed by atoms with Crippen molar-refractivity contribution >= 4 is 29.0 Å². The van der Waals surface area contributed by atoms with E-state index in [0.29, 0.717) is 16.5 Å². The van der Waals surface area contributed by atoms with Gasteiger partial charge in [-0.2, -0.15) is 0 Å². The first-order valence-corrected chi connectivity index (χ1v) is 5.64. The molecule has 0 saturated carbocycles. The standard InChI is InChI=1S/C12H11ClN4O/c1-14-8-4-5-10(16-7-8)12(18)17-11-9(13)3-2-6-15-11/h2-7,14H,1H3,(H,15,17,18). The number of nitrogens with one attached hydrogen (secondary N) is 2. The highest BCUT2D eigenvalue weighted by Crippen LogP contribution is 2.18. The molecule has 0 atom stereocenters. The number of carbonyl (C=O) groups excluding carboxylic acids is 1. The Hall–Kier alpha value is -2.14. The van der Waals surface area contributed by atoms with Crippen molar-refractivity contribution in [3.63, 3.8) is 0 Å². The molecule has 5 nitrogen and oxygen atoms in total. The van der Waals surface area contributed by atoms with E-state index in [9.17, 15) is 4.79 Å². The molecule has 92 valence electrons. The quantitative estimate of drug-likeness (QED) is 0.892. The minimum absolute atomic E-state index is 0.302. The molecule has 2 heterocycles. The molecule has 2 rings (SSSR count). The van der Waals surface area contributed by atoms with Crippen molar-refractivity contribution in [2.45, 2.75) is 0 Å². The predicted octanol–water partition coefficient (Wildman–Crippen LogP) is 2.42. The van der Waals surface area contributed by atoms with Gasteiger partial charge < -0.3 is 10.6 Å². The normalized spacial score (nSPS) is 9.89. The lowest BCUT2D eigenvalue weighted by molar-refractivity contribution is 0.102. The van der Waals surface area contributed by atoms with Gasteiger partial charge in [0.1, 0.15) is 5.69 Å². The average molecular weight is 263 g/mol. The molecule has 0 radical (unpaired) electrons. The van der Waals surface area contributed by atoms with Crippen LogP contribution in [0.2, 0.25) is 5.02 Å². The van der Waals surface area contributed by atoms with Crippen LogP contribution in [0.25, 0.3) is 0 Å². The second-order valence-electron chi connectivity index (χ2n) is 3.47. The zero-order valence-electron chi connectivity index (χ0n) is 9.64. The fourth-order valence-corrected chi connectivity index (χ4v) is 1.49. The third kappa shape index (κ3) is 2.75. The SMILES string of the molecule is CNc1ccc(C(=O)Nc2ncccc2Cl)nc1. The van der Waals surface area contributed by atoms with Gasteiger partial charge in [0.05, 0.1) is 16.9 Å². The smallest absolute Gasteiger partial charge is 0.275 e. The number of pyridine rings is 2. The van der Waals surface area contributed by atoms with Crippen LogP contribution in [0.1, 0.15) is 10.5 Å². The van der Waals surface area contributed by atoms with E-state index in [-0.39, 0.29) is 5.91 Å². The molecule has 0 aliphatic rings. The number of rotatable bonds is 3. The predicted molar refractivity (Wildman–Crippen MR) is 71.0 cm³/mol. The van der Waals surface area contributed by atoms with Crippen LogP contribution in [0, 0.1) is 0 Å². The van der Waals surface area contributed by atoms with Crippen LogP contribution in [0.5, 0.6) is 0 Å². The first-order valence-electron chi connectivity index (χ1n) is 5.26. The minimum Gasteiger partial charge on any atom is -0.387 e. The summed E-state index contributed by atoms with van der Waals surface area (Å²) < 4.78 is 0. The Labute approximate surface area is 109 Å². The second kappa shape index (κ2) is 5.46. The van der Waals surface area contributed by atoms with E-state index in [1.54, 1.807) is 43.7 Å². The molecule has 2 N–H and O–H groups in total. The van der Waals surface area contributed by atoms with E-state index >= 15 is 0 Å². The number of halogens is 1. The minimum atomic E-state index is -0.349. The average Bonchev–Trinajstić information content (AvgIpc) is 2.41. The van der Waals surface area contributed by atoms with Crippen molar-refractivity contribution in [1.29, 1.82) is 0 Å². The Balaban J connectivity index is 2.14. The van der Waals surface area contributed by atoms with Crippen molar-refractivity contribution in [2.24, 2.45) is 0 Å². The van der Waals surface area contributed by atoms with Crippen molar-refractivity contribution < 1.29 is 4.79 Å². The maximum atomic E-state index is 11.9. The summed E-state index contributed by atoms with van der Waals surface area (Å²) in [5.74, 6) is -0.0260. The fraction of sp³-hybridized carbons (Fsp3) is 0.0833. The Bertz CT molecular complexity index is 556. The van der Waals surface area contributed by atoms with E-state index in [1.165, 1.54) is 0 Å². The van der Waals surface area contributed by atoms with Gasteiger partial charge in [-0.15, -0.1) is 0 Å². The molecule has 0 aromatic carbocycles. The number of hydrogen-bond acceptors (Lipinski definition) is 4. The molecule has 0 saturated heterocycles. The van der Waals surface area contributed by atoms with Gasteiger partial charge in [0, 0.05) is 13.2 Å². The van der Waals surface area contributed by atoms with Gasteiger partial charge in [0.2, 0.25) is 0 Å². The third-order valence-electron chi connectivity index (χ3n) is 2.28. The summed E-state index contributed by atoms with van der Waals surface area (Å²) in [6.07, 6.45) is 3.13. The topological polar surface area (TPSA) is 66.9 Å². The number of anilines is 2.